The molecule has 116 valence electrons. The minimum absolute atomic E-state index is 0.00241. The summed E-state index contributed by atoms with van der Waals surface area (Å²) in [6.45, 7) is 3.22. The van der Waals surface area contributed by atoms with Crippen LogP contribution in [0.1, 0.15) is 15.9 Å². The molecule has 2 rings (SSSR count). The standard InChI is InChI=1S/C13H17FN2O4S/c1-9-7-10(8-11(12(9)14)13(17)18)21(19,20)16-5-3-15(2)4-6-16/h7-8H,3-6H2,1-2H3,(H,17,18). The van der Waals surface area contributed by atoms with E-state index in [4.69, 9.17) is 5.11 Å². The van der Waals surface area contributed by atoms with Gasteiger partial charge in [-0.25, -0.2) is 17.6 Å². The zero-order valence-electron chi connectivity index (χ0n) is 11.8. The van der Waals surface area contributed by atoms with E-state index < -0.39 is 27.4 Å². The number of carboxylic acid groups (broad SMARTS) is 1. The van der Waals surface area contributed by atoms with E-state index in [1.54, 1.807) is 0 Å². The highest BCUT2D eigenvalue weighted by molar-refractivity contribution is 7.89. The molecule has 1 aliphatic heterocycles. The van der Waals surface area contributed by atoms with Gasteiger partial charge in [-0.05, 0) is 31.7 Å². The Labute approximate surface area is 122 Å². The van der Waals surface area contributed by atoms with E-state index in [1.165, 1.54) is 17.3 Å². The number of hydrogen-bond donors (Lipinski definition) is 1. The summed E-state index contributed by atoms with van der Waals surface area (Å²) in [6, 6.07) is 2.06. The number of likely N-dealkylation sites (N-methyl/N-ethyl adjacent to an activating group) is 1. The maximum Gasteiger partial charge on any atom is 0.338 e. The van der Waals surface area contributed by atoms with Crippen LogP contribution >= 0.6 is 0 Å². The number of halogens is 1. The predicted octanol–water partition coefficient (Wildman–Crippen LogP) is 0.768. The summed E-state index contributed by atoms with van der Waals surface area (Å²) < 4.78 is 40.1. The summed E-state index contributed by atoms with van der Waals surface area (Å²) in [4.78, 5) is 12.8. The highest BCUT2D eigenvalue weighted by Crippen LogP contribution is 2.23. The van der Waals surface area contributed by atoms with Crippen LogP contribution in [0, 0.1) is 12.7 Å². The van der Waals surface area contributed by atoms with E-state index in [0.29, 0.717) is 26.2 Å². The van der Waals surface area contributed by atoms with Gasteiger partial charge in [-0.2, -0.15) is 4.31 Å². The summed E-state index contributed by atoms with van der Waals surface area (Å²) in [7, 11) is -1.91. The molecular formula is C13H17FN2O4S. The molecule has 1 aliphatic rings. The van der Waals surface area contributed by atoms with E-state index in [9.17, 15) is 17.6 Å². The third-order valence-corrected chi connectivity index (χ3v) is 5.43. The molecule has 1 aromatic carbocycles. The molecule has 0 aromatic heterocycles. The molecule has 0 unspecified atom stereocenters. The molecule has 0 amide bonds. The Morgan fingerprint density at radius 2 is 1.81 bits per heavy atom. The van der Waals surface area contributed by atoms with Gasteiger partial charge in [-0.15, -0.1) is 0 Å². The highest BCUT2D eigenvalue weighted by Gasteiger charge is 2.29. The normalized spacial score (nSPS) is 17.9. The second-order valence-electron chi connectivity index (χ2n) is 5.11. The molecule has 0 saturated carbocycles. The SMILES string of the molecule is Cc1cc(S(=O)(=O)N2CCN(C)CC2)cc(C(=O)O)c1F. The monoisotopic (exact) mass is 316 g/mol. The Morgan fingerprint density at radius 3 is 2.33 bits per heavy atom. The number of hydrogen-bond acceptors (Lipinski definition) is 4. The van der Waals surface area contributed by atoms with Gasteiger partial charge in [0, 0.05) is 26.2 Å². The molecule has 1 saturated heterocycles. The predicted molar refractivity (Wildman–Crippen MR) is 74.4 cm³/mol. The zero-order valence-corrected chi connectivity index (χ0v) is 12.7. The maximum atomic E-state index is 13.7. The van der Waals surface area contributed by atoms with Gasteiger partial charge in [-0.3, -0.25) is 0 Å². The smallest absolute Gasteiger partial charge is 0.338 e. The van der Waals surface area contributed by atoms with Crippen molar-refractivity contribution in [3.63, 3.8) is 0 Å². The fourth-order valence-corrected chi connectivity index (χ4v) is 3.75. The van der Waals surface area contributed by atoms with E-state index in [0.717, 1.165) is 6.07 Å². The number of carbonyl (C=O) groups is 1. The number of carboxylic acids is 1. The van der Waals surface area contributed by atoms with E-state index >= 15 is 0 Å². The average molecular weight is 316 g/mol. The summed E-state index contributed by atoms with van der Waals surface area (Å²) >= 11 is 0. The fourth-order valence-electron chi connectivity index (χ4n) is 2.22. The van der Waals surface area contributed by atoms with Crippen LogP contribution in [0.5, 0.6) is 0 Å². The molecule has 0 bridgehead atoms. The molecule has 0 aliphatic carbocycles. The molecule has 1 fully saturated rings. The summed E-state index contributed by atoms with van der Waals surface area (Å²) in [5.74, 6) is -2.38. The first kappa shape index (κ1) is 15.9. The van der Waals surface area contributed by atoms with Crippen molar-refractivity contribution >= 4 is 16.0 Å². The van der Waals surface area contributed by atoms with Gasteiger partial charge in [-0.1, -0.05) is 0 Å². The third kappa shape index (κ3) is 3.07. The number of aryl methyl sites for hydroxylation is 1. The highest BCUT2D eigenvalue weighted by atomic mass is 32.2. The van der Waals surface area contributed by atoms with Crippen LogP contribution in [0.25, 0.3) is 0 Å². The van der Waals surface area contributed by atoms with Gasteiger partial charge >= 0.3 is 5.97 Å². The van der Waals surface area contributed by atoms with Crippen molar-refractivity contribution in [1.82, 2.24) is 9.21 Å². The Bertz CT molecular complexity index is 667. The van der Waals surface area contributed by atoms with Crippen LogP contribution in [-0.2, 0) is 10.0 Å². The molecule has 21 heavy (non-hydrogen) atoms. The van der Waals surface area contributed by atoms with E-state index in [1.807, 2.05) is 11.9 Å². The van der Waals surface area contributed by atoms with Crippen LogP contribution in [-0.4, -0.2) is 61.9 Å². The number of nitrogens with zero attached hydrogens (tertiary/aromatic N) is 2. The van der Waals surface area contributed by atoms with Gasteiger partial charge in [0.25, 0.3) is 0 Å². The summed E-state index contributed by atoms with van der Waals surface area (Å²) in [6.07, 6.45) is 0. The van der Waals surface area contributed by atoms with Gasteiger partial charge in [0.05, 0.1) is 10.5 Å². The second kappa shape index (κ2) is 5.70. The number of aromatic carboxylic acids is 1. The second-order valence-corrected chi connectivity index (χ2v) is 7.05. The van der Waals surface area contributed by atoms with Crippen molar-refractivity contribution in [2.75, 3.05) is 33.2 Å². The van der Waals surface area contributed by atoms with E-state index in [2.05, 4.69) is 0 Å². The Balaban J connectivity index is 2.43. The molecule has 1 heterocycles. The Morgan fingerprint density at radius 1 is 1.24 bits per heavy atom. The molecule has 8 heteroatoms. The van der Waals surface area contributed by atoms with Gasteiger partial charge in [0.15, 0.2) is 0 Å². The first-order valence-corrected chi connectivity index (χ1v) is 7.89. The minimum Gasteiger partial charge on any atom is -0.478 e. The fraction of sp³-hybridized carbons (Fsp3) is 0.462. The largest absolute Gasteiger partial charge is 0.478 e. The zero-order chi connectivity index (χ0) is 15.8. The van der Waals surface area contributed by atoms with Crippen molar-refractivity contribution in [1.29, 1.82) is 0 Å². The summed E-state index contributed by atoms with van der Waals surface area (Å²) in [5.41, 5.74) is -0.620. The lowest BCUT2D eigenvalue weighted by atomic mass is 10.1. The molecule has 6 nitrogen and oxygen atoms in total. The van der Waals surface area contributed by atoms with E-state index in [-0.39, 0.29) is 10.5 Å². The third-order valence-electron chi connectivity index (χ3n) is 3.56. The van der Waals surface area contributed by atoms with Crippen LogP contribution < -0.4 is 0 Å². The van der Waals surface area contributed by atoms with Crippen molar-refractivity contribution in [3.05, 3.63) is 29.1 Å². The molecule has 0 atom stereocenters. The summed E-state index contributed by atoms with van der Waals surface area (Å²) in [5, 5.41) is 8.97. The Kier molecular flexibility index (Phi) is 4.31. The molecule has 0 spiro atoms. The van der Waals surface area contributed by atoms with Gasteiger partial charge in [0.1, 0.15) is 5.82 Å². The lowest BCUT2D eigenvalue weighted by molar-refractivity contribution is 0.0691. The molecular weight excluding hydrogens is 299 g/mol. The Hall–Kier alpha value is -1.51. The number of rotatable bonds is 3. The quantitative estimate of drug-likeness (QED) is 0.891. The molecule has 0 radical (unpaired) electrons. The molecule has 1 N–H and O–H groups in total. The lowest BCUT2D eigenvalue weighted by Crippen LogP contribution is -2.47. The van der Waals surface area contributed by atoms with Crippen LogP contribution in [0.2, 0.25) is 0 Å². The minimum atomic E-state index is -3.80. The lowest BCUT2D eigenvalue weighted by Gasteiger charge is -2.31. The average Bonchev–Trinajstić information content (AvgIpc) is 2.41. The van der Waals surface area contributed by atoms with Gasteiger partial charge in [0.2, 0.25) is 10.0 Å². The van der Waals surface area contributed by atoms with Crippen molar-refractivity contribution in [2.45, 2.75) is 11.8 Å². The van der Waals surface area contributed by atoms with Crippen molar-refractivity contribution in [2.24, 2.45) is 0 Å². The number of piperazine rings is 1. The first-order valence-electron chi connectivity index (χ1n) is 6.45. The maximum absolute atomic E-state index is 13.7. The van der Waals surface area contributed by atoms with Crippen molar-refractivity contribution < 1.29 is 22.7 Å². The van der Waals surface area contributed by atoms with Crippen molar-refractivity contribution in [3.8, 4) is 0 Å². The number of benzene rings is 1. The van der Waals surface area contributed by atoms with Crippen LogP contribution in [0.15, 0.2) is 17.0 Å². The van der Waals surface area contributed by atoms with Crippen LogP contribution in [0.4, 0.5) is 4.39 Å². The van der Waals surface area contributed by atoms with Gasteiger partial charge < -0.3 is 10.0 Å². The number of sulfonamides is 1. The topological polar surface area (TPSA) is 77.9 Å². The molecule has 1 aromatic rings. The first-order chi connectivity index (χ1) is 9.73. The van der Waals surface area contributed by atoms with Crippen LogP contribution in [0.3, 0.4) is 0 Å².